The van der Waals surface area contributed by atoms with Crippen LogP contribution in [0.1, 0.15) is 27.7 Å². The lowest BCUT2D eigenvalue weighted by atomic mass is 10.0. The van der Waals surface area contributed by atoms with E-state index in [4.69, 9.17) is 4.99 Å². The lowest BCUT2D eigenvalue weighted by molar-refractivity contribution is -0.137. The Bertz CT molecular complexity index is 848. The van der Waals surface area contributed by atoms with E-state index in [0.29, 0.717) is 6.42 Å². The number of rotatable bonds is 2. The van der Waals surface area contributed by atoms with E-state index in [9.17, 15) is 13.2 Å². The summed E-state index contributed by atoms with van der Waals surface area (Å²) in [6, 6.07) is 9.70. The summed E-state index contributed by atoms with van der Waals surface area (Å²) in [5.74, 6) is 0. The fourth-order valence-electron chi connectivity index (χ4n) is 3.15. The van der Waals surface area contributed by atoms with Crippen LogP contribution in [0.4, 0.5) is 13.2 Å². The highest BCUT2D eigenvalue weighted by Crippen LogP contribution is 2.43. The van der Waals surface area contributed by atoms with Gasteiger partial charge in [-0.15, -0.1) is 23.1 Å². The van der Waals surface area contributed by atoms with Crippen LogP contribution in [0, 0.1) is 0 Å². The van der Waals surface area contributed by atoms with E-state index >= 15 is 0 Å². The summed E-state index contributed by atoms with van der Waals surface area (Å²) >= 11 is 3.42. The van der Waals surface area contributed by atoms with Gasteiger partial charge in [0.1, 0.15) is 0 Å². The molecule has 6 heteroatoms. The SMILES string of the molecule is FC(F)(F)c1ccc(C2CC(c3cccs3)=NC3C=CC=CC3S2)cc1. The van der Waals surface area contributed by atoms with Crippen molar-refractivity contribution in [2.24, 2.45) is 4.99 Å². The molecule has 0 spiro atoms. The monoisotopic (exact) mass is 391 g/mol. The van der Waals surface area contributed by atoms with Crippen molar-refractivity contribution in [3.63, 3.8) is 0 Å². The molecule has 1 aromatic heterocycles. The zero-order valence-electron chi connectivity index (χ0n) is 13.7. The molecule has 1 aliphatic heterocycles. The number of hydrogen-bond donors (Lipinski definition) is 0. The summed E-state index contributed by atoms with van der Waals surface area (Å²) in [6.45, 7) is 0. The third-order valence-corrected chi connectivity index (χ3v) is 6.91. The Labute approximate surface area is 158 Å². The van der Waals surface area contributed by atoms with Gasteiger partial charge in [0, 0.05) is 21.8 Å². The third kappa shape index (κ3) is 3.67. The minimum absolute atomic E-state index is 0.0709. The first-order valence-electron chi connectivity index (χ1n) is 8.29. The number of nitrogens with zero attached hydrogens (tertiary/aromatic N) is 1. The van der Waals surface area contributed by atoms with Crippen molar-refractivity contribution in [2.45, 2.75) is 29.1 Å². The molecular weight excluding hydrogens is 375 g/mol. The molecular formula is C20H16F3NS2. The standard InChI is InChI=1S/C20H16F3NS2/c21-20(22,23)14-9-7-13(8-10-14)19-12-16(17-6-3-11-25-17)24-15-4-1-2-5-18(15)26-19/h1-11,15,18-19H,12H2. The van der Waals surface area contributed by atoms with Gasteiger partial charge in [-0.1, -0.05) is 42.5 Å². The van der Waals surface area contributed by atoms with Crippen molar-refractivity contribution in [2.75, 3.05) is 0 Å². The van der Waals surface area contributed by atoms with Crippen LogP contribution in [-0.2, 0) is 6.18 Å². The van der Waals surface area contributed by atoms with Crippen molar-refractivity contribution < 1.29 is 13.2 Å². The van der Waals surface area contributed by atoms with Gasteiger partial charge in [-0.3, -0.25) is 4.99 Å². The molecule has 0 bridgehead atoms. The van der Waals surface area contributed by atoms with Crippen molar-refractivity contribution in [3.8, 4) is 0 Å². The van der Waals surface area contributed by atoms with E-state index in [2.05, 4.69) is 18.2 Å². The van der Waals surface area contributed by atoms with Crippen LogP contribution in [0.15, 0.2) is 71.1 Å². The Balaban J connectivity index is 1.67. The van der Waals surface area contributed by atoms with Crippen LogP contribution in [0.3, 0.4) is 0 Å². The first-order valence-corrected chi connectivity index (χ1v) is 10.1. The highest BCUT2D eigenvalue weighted by atomic mass is 32.2. The van der Waals surface area contributed by atoms with Gasteiger partial charge < -0.3 is 0 Å². The number of alkyl halides is 3. The molecule has 2 aliphatic rings. The highest BCUT2D eigenvalue weighted by molar-refractivity contribution is 8.00. The van der Waals surface area contributed by atoms with Crippen molar-refractivity contribution in [1.82, 2.24) is 0 Å². The second-order valence-electron chi connectivity index (χ2n) is 6.23. The maximum absolute atomic E-state index is 12.9. The van der Waals surface area contributed by atoms with Gasteiger partial charge in [-0.25, -0.2) is 0 Å². The predicted molar refractivity (Wildman–Crippen MR) is 103 cm³/mol. The number of allylic oxidation sites excluding steroid dienone is 2. The summed E-state index contributed by atoms with van der Waals surface area (Å²) in [7, 11) is 0. The molecule has 0 saturated carbocycles. The van der Waals surface area contributed by atoms with Crippen molar-refractivity contribution in [3.05, 3.63) is 82.1 Å². The van der Waals surface area contributed by atoms with Crippen LogP contribution in [0.25, 0.3) is 0 Å². The van der Waals surface area contributed by atoms with Crippen LogP contribution < -0.4 is 0 Å². The second kappa shape index (κ2) is 7.08. The molecule has 1 aromatic carbocycles. The first kappa shape index (κ1) is 17.6. The van der Waals surface area contributed by atoms with Gasteiger partial charge in [0.25, 0.3) is 0 Å². The summed E-state index contributed by atoms with van der Waals surface area (Å²) in [5, 5.41) is 2.30. The molecule has 3 atom stereocenters. The minimum atomic E-state index is -4.30. The maximum atomic E-state index is 12.9. The van der Waals surface area contributed by atoms with E-state index in [1.165, 1.54) is 12.1 Å². The number of benzene rings is 1. The fraction of sp³-hybridized carbons (Fsp3) is 0.250. The van der Waals surface area contributed by atoms with E-state index < -0.39 is 11.7 Å². The zero-order chi connectivity index (χ0) is 18.1. The molecule has 0 saturated heterocycles. The second-order valence-corrected chi connectivity index (χ2v) is 8.56. The lowest BCUT2D eigenvalue weighted by Crippen LogP contribution is -2.19. The molecule has 2 heterocycles. The number of aliphatic imine (C=N–C) groups is 1. The van der Waals surface area contributed by atoms with E-state index in [-0.39, 0.29) is 16.5 Å². The summed E-state index contributed by atoms with van der Waals surface area (Å²) in [6.07, 6.45) is 4.67. The highest BCUT2D eigenvalue weighted by Gasteiger charge is 2.32. The molecule has 4 rings (SSSR count). The fourth-order valence-corrected chi connectivity index (χ4v) is 5.33. The van der Waals surface area contributed by atoms with Gasteiger partial charge in [0.05, 0.1) is 17.3 Å². The number of hydrogen-bond acceptors (Lipinski definition) is 3. The Morgan fingerprint density at radius 3 is 2.46 bits per heavy atom. The number of fused-ring (bicyclic) bond motifs is 1. The molecule has 26 heavy (non-hydrogen) atoms. The summed E-state index contributed by atoms with van der Waals surface area (Å²) < 4.78 is 38.6. The average Bonchev–Trinajstić information content (AvgIpc) is 3.09. The van der Waals surface area contributed by atoms with E-state index in [1.54, 1.807) is 35.2 Å². The van der Waals surface area contributed by atoms with Crippen LogP contribution in [0.2, 0.25) is 0 Å². The Morgan fingerprint density at radius 1 is 1.00 bits per heavy atom. The van der Waals surface area contributed by atoms with Crippen LogP contribution >= 0.6 is 23.1 Å². The maximum Gasteiger partial charge on any atom is 0.416 e. The average molecular weight is 391 g/mol. The Kier molecular flexibility index (Phi) is 4.80. The molecule has 1 aliphatic carbocycles. The Hall–Kier alpha value is -1.79. The number of thiophene rings is 1. The normalized spacial score (nSPS) is 25.5. The molecule has 0 N–H and O–H groups in total. The molecule has 134 valence electrons. The van der Waals surface area contributed by atoms with Crippen molar-refractivity contribution >= 4 is 28.8 Å². The van der Waals surface area contributed by atoms with Gasteiger partial charge in [-0.05, 0) is 29.1 Å². The molecule has 0 radical (unpaired) electrons. The Morgan fingerprint density at radius 2 is 1.77 bits per heavy atom. The molecule has 0 fully saturated rings. The summed E-state index contributed by atoms with van der Waals surface area (Å²) in [4.78, 5) is 6.09. The zero-order valence-corrected chi connectivity index (χ0v) is 15.3. The van der Waals surface area contributed by atoms with Gasteiger partial charge in [-0.2, -0.15) is 13.2 Å². The molecule has 0 amide bonds. The summed E-state index contributed by atoms with van der Waals surface area (Å²) in [5.41, 5.74) is 1.34. The quantitative estimate of drug-likeness (QED) is 0.585. The molecule has 3 unspecified atom stereocenters. The van der Waals surface area contributed by atoms with Gasteiger partial charge in [0.15, 0.2) is 0 Å². The molecule has 2 aromatic rings. The third-order valence-electron chi connectivity index (χ3n) is 4.48. The lowest BCUT2D eigenvalue weighted by Gasteiger charge is -2.22. The first-order chi connectivity index (χ1) is 12.5. The van der Waals surface area contributed by atoms with E-state index in [1.807, 2.05) is 23.6 Å². The number of halogens is 3. The van der Waals surface area contributed by atoms with E-state index in [0.717, 1.165) is 16.2 Å². The van der Waals surface area contributed by atoms with Gasteiger partial charge >= 0.3 is 6.18 Å². The topological polar surface area (TPSA) is 12.4 Å². The van der Waals surface area contributed by atoms with Gasteiger partial charge in [0.2, 0.25) is 0 Å². The molecule has 1 nitrogen and oxygen atoms in total. The van der Waals surface area contributed by atoms with Crippen molar-refractivity contribution in [1.29, 1.82) is 0 Å². The number of thioether (sulfide) groups is 1. The minimum Gasteiger partial charge on any atom is -0.279 e. The van der Waals surface area contributed by atoms with Crippen LogP contribution in [-0.4, -0.2) is 17.0 Å². The van der Waals surface area contributed by atoms with Crippen LogP contribution in [0.5, 0.6) is 0 Å². The smallest absolute Gasteiger partial charge is 0.279 e. The predicted octanol–water partition coefficient (Wildman–Crippen LogP) is 6.30. The largest absolute Gasteiger partial charge is 0.416 e.